The normalized spacial score (nSPS) is 11.1. The molecule has 3 aromatic rings. The highest BCUT2D eigenvalue weighted by Gasteiger charge is 2.13. The molecule has 3 rings (SSSR count). The summed E-state index contributed by atoms with van der Waals surface area (Å²) >= 11 is 1.65. The van der Waals surface area contributed by atoms with Crippen LogP contribution in [0, 0.1) is 17.0 Å². The van der Waals surface area contributed by atoms with Gasteiger partial charge < -0.3 is 4.57 Å². The Labute approximate surface area is 119 Å². The van der Waals surface area contributed by atoms with Gasteiger partial charge in [0.25, 0.3) is 5.69 Å². The van der Waals surface area contributed by atoms with Crippen molar-refractivity contribution in [3.05, 3.63) is 56.7 Å². The fourth-order valence-corrected chi connectivity index (χ4v) is 3.12. The van der Waals surface area contributed by atoms with Gasteiger partial charge >= 0.3 is 0 Å². The van der Waals surface area contributed by atoms with Crippen LogP contribution in [0.2, 0.25) is 0 Å². The quantitative estimate of drug-likeness (QED) is 0.544. The molecule has 6 heteroatoms. The number of aryl methyl sites for hydroxylation is 3. The third kappa shape index (κ3) is 2.18. The van der Waals surface area contributed by atoms with Crippen molar-refractivity contribution in [3.8, 4) is 0 Å². The topological polar surface area (TPSA) is 61.0 Å². The third-order valence-corrected chi connectivity index (χ3v) is 4.41. The number of benzene rings is 1. The molecule has 20 heavy (non-hydrogen) atoms. The first-order valence-electron chi connectivity index (χ1n) is 6.28. The van der Waals surface area contributed by atoms with Gasteiger partial charge in [-0.25, -0.2) is 4.98 Å². The smallest absolute Gasteiger partial charge is 0.278 e. The second-order valence-electron chi connectivity index (χ2n) is 4.59. The average molecular weight is 287 g/mol. The summed E-state index contributed by atoms with van der Waals surface area (Å²) in [5.41, 5.74) is 3.98. The molecule has 0 amide bonds. The maximum absolute atomic E-state index is 11.0. The van der Waals surface area contributed by atoms with E-state index in [0.29, 0.717) is 5.39 Å². The standard InChI is InChI=1S/C14H13N3O2S/c1-10-14(20-9-15-10)6-8-16-7-5-11-12(16)3-2-4-13(11)17(18)19/h2-5,7,9H,6,8H2,1H3. The Morgan fingerprint density at radius 2 is 2.25 bits per heavy atom. The monoisotopic (exact) mass is 287 g/mol. The molecule has 1 aromatic carbocycles. The number of nitrogens with zero attached hydrogens (tertiary/aromatic N) is 3. The zero-order valence-electron chi connectivity index (χ0n) is 10.9. The van der Waals surface area contributed by atoms with Gasteiger partial charge in [0, 0.05) is 30.1 Å². The summed E-state index contributed by atoms with van der Waals surface area (Å²) in [4.78, 5) is 16.2. The van der Waals surface area contributed by atoms with Crippen molar-refractivity contribution in [2.75, 3.05) is 0 Å². The van der Waals surface area contributed by atoms with Crippen LogP contribution in [-0.4, -0.2) is 14.5 Å². The number of hydrogen-bond donors (Lipinski definition) is 0. The van der Waals surface area contributed by atoms with E-state index in [1.807, 2.05) is 30.8 Å². The lowest BCUT2D eigenvalue weighted by Gasteiger charge is -2.04. The highest BCUT2D eigenvalue weighted by Crippen LogP contribution is 2.26. The summed E-state index contributed by atoms with van der Waals surface area (Å²) in [6.45, 7) is 2.80. The van der Waals surface area contributed by atoms with Gasteiger partial charge in [-0.3, -0.25) is 10.1 Å². The molecule has 0 spiro atoms. The highest BCUT2D eigenvalue weighted by molar-refractivity contribution is 7.09. The minimum absolute atomic E-state index is 0.162. The molecule has 0 fully saturated rings. The molecule has 0 N–H and O–H groups in total. The van der Waals surface area contributed by atoms with E-state index in [2.05, 4.69) is 9.55 Å². The average Bonchev–Trinajstić information content (AvgIpc) is 3.02. The minimum atomic E-state index is -0.333. The summed E-state index contributed by atoms with van der Waals surface area (Å²) in [6, 6.07) is 7.00. The highest BCUT2D eigenvalue weighted by atomic mass is 32.1. The lowest BCUT2D eigenvalue weighted by molar-refractivity contribution is -0.383. The van der Waals surface area contributed by atoms with Crippen LogP contribution < -0.4 is 0 Å². The molecule has 0 radical (unpaired) electrons. The second-order valence-corrected chi connectivity index (χ2v) is 5.53. The fourth-order valence-electron chi connectivity index (χ4n) is 2.35. The summed E-state index contributed by atoms with van der Waals surface area (Å²) in [6.07, 6.45) is 2.80. The molecule has 0 aliphatic rings. The Kier molecular flexibility index (Phi) is 3.23. The van der Waals surface area contributed by atoms with E-state index in [1.165, 1.54) is 4.88 Å². The number of aromatic nitrogens is 2. The molecule has 102 valence electrons. The molecule has 2 aromatic heterocycles. The maximum Gasteiger partial charge on any atom is 0.278 e. The molecular formula is C14H13N3O2S. The van der Waals surface area contributed by atoms with Gasteiger partial charge in [-0.05, 0) is 19.1 Å². The molecule has 0 aliphatic carbocycles. The number of nitro benzene ring substituents is 1. The third-order valence-electron chi connectivity index (χ3n) is 3.41. The number of thiazole rings is 1. The second kappa shape index (κ2) is 5.05. The first kappa shape index (κ1) is 12.8. The van der Waals surface area contributed by atoms with E-state index in [-0.39, 0.29) is 10.6 Å². The Bertz CT molecular complexity index is 776. The van der Waals surface area contributed by atoms with Gasteiger partial charge in [-0.1, -0.05) is 6.07 Å². The largest absolute Gasteiger partial charge is 0.347 e. The first-order valence-corrected chi connectivity index (χ1v) is 7.16. The van der Waals surface area contributed by atoms with Crippen LogP contribution in [0.3, 0.4) is 0 Å². The Morgan fingerprint density at radius 3 is 2.95 bits per heavy atom. The molecular weight excluding hydrogens is 274 g/mol. The van der Waals surface area contributed by atoms with Crippen molar-refractivity contribution in [1.29, 1.82) is 0 Å². The van der Waals surface area contributed by atoms with Crippen molar-refractivity contribution in [1.82, 2.24) is 9.55 Å². The Morgan fingerprint density at radius 1 is 1.40 bits per heavy atom. The van der Waals surface area contributed by atoms with Crippen LogP contribution in [0.1, 0.15) is 10.6 Å². The van der Waals surface area contributed by atoms with Crippen molar-refractivity contribution in [2.24, 2.45) is 0 Å². The first-order chi connectivity index (χ1) is 9.66. The maximum atomic E-state index is 11.0. The van der Waals surface area contributed by atoms with Gasteiger partial charge in [0.1, 0.15) is 0 Å². The van der Waals surface area contributed by atoms with Crippen LogP contribution in [0.15, 0.2) is 36.0 Å². The van der Waals surface area contributed by atoms with Crippen molar-refractivity contribution < 1.29 is 4.92 Å². The zero-order valence-corrected chi connectivity index (χ0v) is 11.8. The van der Waals surface area contributed by atoms with E-state index in [4.69, 9.17) is 0 Å². The summed E-state index contributed by atoms with van der Waals surface area (Å²) < 4.78 is 2.06. The SMILES string of the molecule is Cc1ncsc1CCn1ccc2c([N+](=O)[O-])cccc21. The molecule has 0 atom stereocenters. The number of hydrogen-bond acceptors (Lipinski definition) is 4. The Balaban J connectivity index is 1.91. The molecule has 0 unspecified atom stereocenters. The van der Waals surface area contributed by atoms with Gasteiger partial charge in [0.2, 0.25) is 0 Å². The molecule has 0 bridgehead atoms. The number of fused-ring (bicyclic) bond motifs is 1. The molecule has 5 nitrogen and oxygen atoms in total. The van der Waals surface area contributed by atoms with Crippen molar-refractivity contribution in [2.45, 2.75) is 19.9 Å². The van der Waals surface area contributed by atoms with Crippen molar-refractivity contribution in [3.63, 3.8) is 0 Å². The van der Waals surface area contributed by atoms with E-state index >= 15 is 0 Å². The van der Waals surface area contributed by atoms with Gasteiger partial charge in [-0.15, -0.1) is 11.3 Å². The van der Waals surface area contributed by atoms with E-state index < -0.39 is 0 Å². The van der Waals surface area contributed by atoms with Crippen LogP contribution in [0.5, 0.6) is 0 Å². The number of rotatable bonds is 4. The molecule has 0 saturated carbocycles. The lowest BCUT2D eigenvalue weighted by atomic mass is 10.2. The lowest BCUT2D eigenvalue weighted by Crippen LogP contribution is -1.99. The number of non-ortho nitro benzene ring substituents is 1. The van der Waals surface area contributed by atoms with Crippen LogP contribution >= 0.6 is 11.3 Å². The van der Waals surface area contributed by atoms with E-state index in [1.54, 1.807) is 23.5 Å². The van der Waals surface area contributed by atoms with E-state index in [0.717, 1.165) is 24.2 Å². The van der Waals surface area contributed by atoms with Crippen molar-refractivity contribution >= 4 is 27.9 Å². The van der Waals surface area contributed by atoms with Gasteiger partial charge in [0.05, 0.1) is 27.0 Å². The van der Waals surface area contributed by atoms with Gasteiger partial charge in [0.15, 0.2) is 0 Å². The van der Waals surface area contributed by atoms with Crippen LogP contribution in [0.25, 0.3) is 10.9 Å². The minimum Gasteiger partial charge on any atom is -0.347 e. The predicted octanol–water partition coefficient (Wildman–Crippen LogP) is 3.56. The van der Waals surface area contributed by atoms with Crippen LogP contribution in [-0.2, 0) is 13.0 Å². The summed E-state index contributed by atoms with van der Waals surface area (Å²) in [5, 5.41) is 11.7. The molecule has 2 heterocycles. The molecule has 0 saturated heterocycles. The van der Waals surface area contributed by atoms with Crippen LogP contribution in [0.4, 0.5) is 5.69 Å². The number of nitro groups is 1. The Hall–Kier alpha value is -2.21. The summed E-state index contributed by atoms with van der Waals surface area (Å²) in [5.74, 6) is 0. The fraction of sp³-hybridized carbons (Fsp3) is 0.214. The summed E-state index contributed by atoms with van der Waals surface area (Å²) in [7, 11) is 0. The van der Waals surface area contributed by atoms with Gasteiger partial charge in [-0.2, -0.15) is 0 Å². The van der Waals surface area contributed by atoms with E-state index in [9.17, 15) is 10.1 Å². The zero-order chi connectivity index (χ0) is 14.1. The molecule has 0 aliphatic heterocycles. The predicted molar refractivity (Wildman–Crippen MR) is 79.1 cm³/mol.